The maximum atomic E-state index is 12.5. The zero-order valence-corrected chi connectivity index (χ0v) is 14.0. The first-order valence-corrected chi connectivity index (χ1v) is 9.37. The largest absolute Gasteiger partial charge is 0.340 e. The predicted molar refractivity (Wildman–Crippen MR) is 88.6 cm³/mol. The number of piperidine rings is 1. The first kappa shape index (κ1) is 16.7. The number of sulfonamides is 1. The first-order valence-electron chi connectivity index (χ1n) is 7.82. The van der Waals surface area contributed by atoms with Gasteiger partial charge in [-0.3, -0.25) is 9.48 Å². The van der Waals surface area contributed by atoms with Crippen molar-refractivity contribution in [2.45, 2.75) is 30.2 Å². The SMILES string of the molecule is NS(=O)(=O)c1ccc(CC(=O)N2CCC[C@@H](n3cccn3)C2)cc1. The number of carbonyl (C=O) groups excluding carboxylic acids is 1. The van der Waals surface area contributed by atoms with Gasteiger partial charge in [0.05, 0.1) is 17.4 Å². The van der Waals surface area contributed by atoms with E-state index in [1.165, 1.54) is 12.1 Å². The van der Waals surface area contributed by atoms with Crippen molar-refractivity contribution in [3.05, 3.63) is 48.3 Å². The van der Waals surface area contributed by atoms with Gasteiger partial charge < -0.3 is 4.90 Å². The van der Waals surface area contributed by atoms with Crippen molar-refractivity contribution >= 4 is 15.9 Å². The van der Waals surface area contributed by atoms with Crippen LogP contribution in [0, 0.1) is 0 Å². The molecule has 0 saturated carbocycles. The highest BCUT2D eigenvalue weighted by molar-refractivity contribution is 7.89. The normalized spacial score (nSPS) is 18.5. The number of hydrogen-bond donors (Lipinski definition) is 1. The topological polar surface area (TPSA) is 98.3 Å². The van der Waals surface area contributed by atoms with Gasteiger partial charge >= 0.3 is 0 Å². The van der Waals surface area contributed by atoms with E-state index >= 15 is 0 Å². The van der Waals surface area contributed by atoms with Crippen molar-refractivity contribution in [2.75, 3.05) is 13.1 Å². The standard InChI is InChI=1S/C16H20N4O3S/c17-24(22,23)15-6-4-13(5-7-15)11-16(21)19-9-1-3-14(12-19)20-10-2-8-18-20/h2,4-8,10,14H,1,3,9,11-12H2,(H2,17,22,23)/t14-/m1/s1. The van der Waals surface area contributed by atoms with Crippen molar-refractivity contribution in [1.82, 2.24) is 14.7 Å². The average Bonchev–Trinajstić information content (AvgIpc) is 3.09. The van der Waals surface area contributed by atoms with E-state index in [1.54, 1.807) is 18.3 Å². The monoisotopic (exact) mass is 348 g/mol. The Morgan fingerprint density at radius 1 is 1.29 bits per heavy atom. The van der Waals surface area contributed by atoms with Crippen LogP contribution in [0.25, 0.3) is 0 Å². The average molecular weight is 348 g/mol. The molecule has 1 aromatic carbocycles. The van der Waals surface area contributed by atoms with Crippen LogP contribution in [-0.4, -0.2) is 42.1 Å². The third-order valence-electron chi connectivity index (χ3n) is 4.26. The number of rotatable bonds is 4. The molecule has 1 saturated heterocycles. The number of primary sulfonamides is 1. The maximum absolute atomic E-state index is 12.5. The Bertz CT molecular complexity index is 800. The van der Waals surface area contributed by atoms with Gasteiger partial charge in [0, 0.05) is 25.5 Å². The molecule has 0 spiro atoms. The van der Waals surface area contributed by atoms with Crippen LogP contribution >= 0.6 is 0 Å². The molecule has 24 heavy (non-hydrogen) atoms. The summed E-state index contributed by atoms with van der Waals surface area (Å²) in [6.45, 7) is 1.39. The Labute approximate surface area is 141 Å². The minimum Gasteiger partial charge on any atom is -0.340 e. The number of likely N-dealkylation sites (tertiary alicyclic amines) is 1. The lowest BCUT2D eigenvalue weighted by Gasteiger charge is -2.33. The highest BCUT2D eigenvalue weighted by atomic mass is 32.2. The lowest BCUT2D eigenvalue weighted by molar-refractivity contribution is -0.132. The second-order valence-electron chi connectivity index (χ2n) is 5.99. The molecule has 2 aromatic rings. The fourth-order valence-corrected chi connectivity index (χ4v) is 3.49. The van der Waals surface area contributed by atoms with Crippen molar-refractivity contribution in [2.24, 2.45) is 5.14 Å². The lowest BCUT2D eigenvalue weighted by Crippen LogP contribution is -2.41. The lowest BCUT2D eigenvalue weighted by atomic mass is 10.0. The fourth-order valence-electron chi connectivity index (χ4n) is 2.98. The van der Waals surface area contributed by atoms with E-state index in [9.17, 15) is 13.2 Å². The Balaban J connectivity index is 1.64. The fraction of sp³-hybridized carbons (Fsp3) is 0.375. The summed E-state index contributed by atoms with van der Waals surface area (Å²) < 4.78 is 24.4. The van der Waals surface area contributed by atoms with Gasteiger partial charge in [0.1, 0.15) is 0 Å². The minimum absolute atomic E-state index is 0.0372. The highest BCUT2D eigenvalue weighted by Gasteiger charge is 2.25. The number of amides is 1. The van der Waals surface area contributed by atoms with Crippen molar-refractivity contribution in [3.63, 3.8) is 0 Å². The Morgan fingerprint density at radius 3 is 2.67 bits per heavy atom. The second kappa shape index (κ2) is 6.74. The molecule has 1 aromatic heterocycles. The second-order valence-corrected chi connectivity index (χ2v) is 7.55. The highest BCUT2D eigenvalue weighted by Crippen LogP contribution is 2.21. The van der Waals surface area contributed by atoms with Gasteiger partial charge in [0.25, 0.3) is 0 Å². The molecule has 0 bridgehead atoms. The Hall–Kier alpha value is -2.19. The molecule has 0 unspecified atom stereocenters. The molecular weight excluding hydrogens is 328 g/mol. The number of nitrogens with two attached hydrogens (primary N) is 1. The summed E-state index contributed by atoms with van der Waals surface area (Å²) >= 11 is 0. The minimum atomic E-state index is -3.71. The number of carbonyl (C=O) groups is 1. The van der Waals surface area contributed by atoms with E-state index in [1.807, 2.05) is 21.8 Å². The van der Waals surface area contributed by atoms with Crippen molar-refractivity contribution in [3.8, 4) is 0 Å². The molecule has 2 N–H and O–H groups in total. The van der Waals surface area contributed by atoms with Gasteiger partial charge in [-0.2, -0.15) is 5.10 Å². The molecule has 128 valence electrons. The molecule has 1 fully saturated rings. The quantitative estimate of drug-likeness (QED) is 0.889. The van der Waals surface area contributed by atoms with Gasteiger partial charge in [-0.1, -0.05) is 12.1 Å². The summed E-state index contributed by atoms with van der Waals surface area (Å²) in [6, 6.07) is 8.22. The summed E-state index contributed by atoms with van der Waals surface area (Å²) in [6.07, 6.45) is 5.87. The van der Waals surface area contributed by atoms with Gasteiger partial charge in [-0.05, 0) is 36.6 Å². The van der Waals surface area contributed by atoms with Gasteiger partial charge in [0.2, 0.25) is 15.9 Å². The van der Waals surface area contributed by atoms with Gasteiger partial charge in [0.15, 0.2) is 0 Å². The summed E-state index contributed by atoms with van der Waals surface area (Å²) in [4.78, 5) is 14.4. The van der Waals surface area contributed by atoms with Crippen LogP contribution in [0.4, 0.5) is 0 Å². The molecule has 0 aliphatic carbocycles. The maximum Gasteiger partial charge on any atom is 0.238 e. The van der Waals surface area contributed by atoms with Gasteiger partial charge in [-0.25, -0.2) is 13.6 Å². The van der Waals surface area contributed by atoms with E-state index in [2.05, 4.69) is 5.10 Å². The molecule has 3 rings (SSSR count). The molecule has 1 aliphatic rings. The van der Waals surface area contributed by atoms with E-state index < -0.39 is 10.0 Å². The molecule has 2 heterocycles. The number of aromatic nitrogens is 2. The molecule has 7 nitrogen and oxygen atoms in total. The Kier molecular flexibility index (Phi) is 4.68. The summed E-state index contributed by atoms with van der Waals surface area (Å²) in [5.74, 6) is 0.0372. The third kappa shape index (κ3) is 3.82. The summed E-state index contributed by atoms with van der Waals surface area (Å²) in [5, 5.41) is 9.34. The van der Waals surface area contributed by atoms with Crippen LogP contribution in [0.3, 0.4) is 0 Å². The summed E-state index contributed by atoms with van der Waals surface area (Å²) in [7, 11) is -3.71. The first-order chi connectivity index (χ1) is 11.4. The van der Waals surface area contributed by atoms with Gasteiger partial charge in [-0.15, -0.1) is 0 Å². The van der Waals surface area contributed by atoms with Crippen molar-refractivity contribution < 1.29 is 13.2 Å². The zero-order valence-electron chi connectivity index (χ0n) is 13.2. The van der Waals surface area contributed by atoms with Crippen molar-refractivity contribution in [1.29, 1.82) is 0 Å². The van der Waals surface area contributed by atoms with E-state index in [-0.39, 0.29) is 23.3 Å². The molecule has 1 aliphatic heterocycles. The van der Waals surface area contributed by atoms with Crippen LogP contribution < -0.4 is 5.14 Å². The smallest absolute Gasteiger partial charge is 0.238 e. The van der Waals surface area contributed by atoms with Crippen LogP contribution in [0.5, 0.6) is 0 Å². The van der Waals surface area contributed by atoms with E-state index in [4.69, 9.17) is 5.14 Å². The number of benzene rings is 1. The van der Waals surface area contributed by atoms with E-state index in [0.717, 1.165) is 24.9 Å². The van der Waals surface area contributed by atoms with Crippen LogP contribution in [0.15, 0.2) is 47.6 Å². The molecule has 1 atom stereocenters. The molecule has 8 heteroatoms. The van der Waals surface area contributed by atoms with E-state index in [0.29, 0.717) is 6.54 Å². The van der Waals surface area contributed by atoms with Crippen LogP contribution in [-0.2, 0) is 21.2 Å². The zero-order chi connectivity index (χ0) is 17.2. The van der Waals surface area contributed by atoms with Crippen LogP contribution in [0.2, 0.25) is 0 Å². The Morgan fingerprint density at radius 2 is 2.04 bits per heavy atom. The van der Waals surface area contributed by atoms with Crippen LogP contribution in [0.1, 0.15) is 24.4 Å². The predicted octanol–water partition coefficient (Wildman–Crippen LogP) is 0.937. The summed E-state index contributed by atoms with van der Waals surface area (Å²) in [5.41, 5.74) is 0.772. The molecule has 1 amide bonds. The molecular formula is C16H20N4O3S. The number of hydrogen-bond acceptors (Lipinski definition) is 4. The molecule has 0 radical (unpaired) electrons. The number of nitrogens with zero attached hydrogens (tertiary/aromatic N) is 3. The third-order valence-corrected chi connectivity index (χ3v) is 5.18.